The zero-order chi connectivity index (χ0) is 14.5. The molecular weight excluding hydrogens is 262 g/mol. The minimum Gasteiger partial charge on any atom is -0.265 e. The average Bonchev–Trinajstić information content (AvgIpc) is 3.03. The van der Waals surface area contributed by atoms with Crippen molar-refractivity contribution in [1.29, 1.82) is 5.26 Å². The van der Waals surface area contributed by atoms with Crippen LogP contribution in [0.4, 0.5) is 0 Å². The molecule has 0 unspecified atom stereocenters. The van der Waals surface area contributed by atoms with Crippen LogP contribution in [0.25, 0.3) is 23.4 Å². The van der Waals surface area contributed by atoms with Crippen LogP contribution in [0.3, 0.4) is 0 Å². The Morgan fingerprint density at radius 1 is 0.952 bits per heavy atom. The van der Waals surface area contributed by atoms with Crippen LogP contribution in [-0.4, -0.2) is 20.4 Å². The molecule has 0 spiro atoms. The number of aromatic amines is 1. The van der Waals surface area contributed by atoms with Gasteiger partial charge in [0.05, 0.1) is 0 Å². The van der Waals surface area contributed by atoms with Crippen molar-refractivity contribution in [3.63, 3.8) is 0 Å². The molecule has 3 aromatic rings. The van der Waals surface area contributed by atoms with E-state index in [2.05, 4.69) is 20.4 Å². The van der Waals surface area contributed by atoms with Crippen molar-refractivity contribution >= 4 is 12.2 Å². The fourth-order valence-corrected chi connectivity index (χ4v) is 1.94. The Kier molecular flexibility index (Phi) is 3.52. The van der Waals surface area contributed by atoms with E-state index in [0.717, 1.165) is 16.7 Å². The van der Waals surface area contributed by atoms with Crippen molar-refractivity contribution in [2.24, 2.45) is 0 Å². The van der Waals surface area contributed by atoms with Gasteiger partial charge in [-0.2, -0.15) is 5.26 Å². The number of pyridine rings is 1. The normalized spacial score (nSPS) is 10.6. The van der Waals surface area contributed by atoms with Gasteiger partial charge in [0.25, 0.3) is 0 Å². The summed E-state index contributed by atoms with van der Waals surface area (Å²) in [5, 5.41) is 19.1. The molecule has 100 valence electrons. The standard InChI is InChI=1S/C16H11N5/c17-11-15-16(20-21-19-15)14-5-3-12(4-6-14)1-2-13-7-9-18-10-8-13/h1-10H,(H,19,20,21). The van der Waals surface area contributed by atoms with E-state index in [-0.39, 0.29) is 0 Å². The van der Waals surface area contributed by atoms with E-state index in [0.29, 0.717) is 11.4 Å². The van der Waals surface area contributed by atoms with E-state index >= 15 is 0 Å². The van der Waals surface area contributed by atoms with E-state index in [1.54, 1.807) is 12.4 Å². The van der Waals surface area contributed by atoms with E-state index in [9.17, 15) is 0 Å². The molecule has 0 radical (unpaired) electrons. The summed E-state index contributed by atoms with van der Waals surface area (Å²) >= 11 is 0. The molecule has 0 saturated carbocycles. The molecule has 0 amide bonds. The lowest BCUT2D eigenvalue weighted by atomic mass is 10.1. The Bertz CT molecular complexity index is 795. The molecule has 0 bridgehead atoms. The summed E-state index contributed by atoms with van der Waals surface area (Å²) in [6.07, 6.45) is 7.57. The molecule has 3 rings (SSSR count). The number of H-pyrrole nitrogens is 1. The maximum atomic E-state index is 8.94. The highest BCUT2D eigenvalue weighted by molar-refractivity contribution is 5.72. The van der Waals surface area contributed by atoms with Gasteiger partial charge >= 0.3 is 0 Å². The van der Waals surface area contributed by atoms with Crippen molar-refractivity contribution in [1.82, 2.24) is 20.4 Å². The number of nitriles is 1. The predicted molar refractivity (Wildman–Crippen MR) is 79.7 cm³/mol. The van der Waals surface area contributed by atoms with Crippen molar-refractivity contribution in [3.8, 4) is 17.3 Å². The summed E-state index contributed by atoms with van der Waals surface area (Å²) in [6, 6.07) is 13.7. The minimum atomic E-state index is 0.301. The topological polar surface area (TPSA) is 78.2 Å². The summed E-state index contributed by atoms with van der Waals surface area (Å²) < 4.78 is 0. The molecule has 5 heteroatoms. The predicted octanol–water partition coefficient (Wildman–Crippen LogP) is 2.91. The molecule has 0 aliphatic heterocycles. The van der Waals surface area contributed by atoms with Gasteiger partial charge in [0, 0.05) is 18.0 Å². The van der Waals surface area contributed by atoms with Crippen molar-refractivity contribution in [2.75, 3.05) is 0 Å². The molecule has 0 fully saturated rings. The molecule has 1 aromatic carbocycles. The second kappa shape index (κ2) is 5.80. The van der Waals surface area contributed by atoms with E-state index in [1.165, 1.54) is 0 Å². The van der Waals surface area contributed by atoms with Crippen molar-refractivity contribution in [2.45, 2.75) is 0 Å². The van der Waals surface area contributed by atoms with Crippen molar-refractivity contribution < 1.29 is 0 Å². The summed E-state index contributed by atoms with van der Waals surface area (Å²) in [7, 11) is 0. The molecule has 0 aliphatic carbocycles. The fourth-order valence-electron chi connectivity index (χ4n) is 1.94. The monoisotopic (exact) mass is 273 g/mol. The van der Waals surface area contributed by atoms with Gasteiger partial charge in [-0.25, -0.2) is 0 Å². The lowest BCUT2D eigenvalue weighted by Crippen LogP contribution is -1.83. The maximum absolute atomic E-state index is 8.94. The molecule has 2 heterocycles. The van der Waals surface area contributed by atoms with Crippen LogP contribution >= 0.6 is 0 Å². The molecule has 0 saturated heterocycles. The Labute approximate surface area is 121 Å². The zero-order valence-corrected chi connectivity index (χ0v) is 11.1. The smallest absolute Gasteiger partial charge is 0.190 e. The van der Waals surface area contributed by atoms with Crippen LogP contribution in [-0.2, 0) is 0 Å². The Morgan fingerprint density at radius 3 is 2.29 bits per heavy atom. The summed E-state index contributed by atoms with van der Waals surface area (Å²) in [4.78, 5) is 3.98. The Balaban J connectivity index is 1.82. The number of nitrogens with one attached hydrogen (secondary N) is 1. The maximum Gasteiger partial charge on any atom is 0.190 e. The SMILES string of the molecule is N#Cc1nn[nH]c1-c1ccc(C=Cc2ccncc2)cc1. The highest BCUT2D eigenvalue weighted by atomic mass is 15.3. The van der Waals surface area contributed by atoms with Crippen LogP contribution in [0.1, 0.15) is 16.8 Å². The quantitative estimate of drug-likeness (QED) is 0.795. The number of benzene rings is 1. The summed E-state index contributed by atoms with van der Waals surface area (Å²) in [6.45, 7) is 0. The molecule has 0 atom stereocenters. The molecule has 21 heavy (non-hydrogen) atoms. The first kappa shape index (κ1) is 12.8. The van der Waals surface area contributed by atoms with Gasteiger partial charge in [0.2, 0.25) is 0 Å². The van der Waals surface area contributed by atoms with Gasteiger partial charge in [0.1, 0.15) is 11.8 Å². The number of aromatic nitrogens is 4. The summed E-state index contributed by atoms with van der Waals surface area (Å²) in [5.74, 6) is 0. The third-order valence-electron chi connectivity index (χ3n) is 3.03. The fraction of sp³-hybridized carbons (Fsp3) is 0. The Hall–Kier alpha value is -3.26. The Morgan fingerprint density at radius 2 is 1.62 bits per heavy atom. The average molecular weight is 273 g/mol. The third kappa shape index (κ3) is 2.85. The first-order chi connectivity index (χ1) is 10.4. The van der Waals surface area contributed by atoms with Gasteiger partial charge in [-0.05, 0) is 23.3 Å². The van der Waals surface area contributed by atoms with Crippen LogP contribution in [0.15, 0.2) is 48.8 Å². The van der Waals surface area contributed by atoms with Crippen LogP contribution in [0.5, 0.6) is 0 Å². The molecular formula is C16H11N5. The first-order valence-electron chi connectivity index (χ1n) is 6.36. The zero-order valence-electron chi connectivity index (χ0n) is 11.1. The molecule has 2 aromatic heterocycles. The highest BCUT2D eigenvalue weighted by Gasteiger charge is 2.07. The molecule has 5 nitrogen and oxygen atoms in total. The van der Waals surface area contributed by atoms with Gasteiger partial charge in [-0.1, -0.05) is 41.6 Å². The lowest BCUT2D eigenvalue weighted by molar-refractivity contribution is 0.937. The van der Waals surface area contributed by atoms with Gasteiger partial charge in [0.15, 0.2) is 5.69 Å². The lowest BCUT2D eigenvalue weighted by Gasteiger charge is -1.99. The molecule has 1 N–H and O–H groups in total. The van der Waals surface area contributed by atoms with Crippen LogP contribution < -0.4 is 0 Å². The third-order valence-corrected chi connectivity index (χ3v) is 3.03. The number of hydrogen-bond donors (Lipinski definition) is 1. The second-order valence-electron chi connectivity index (χ2n) is 4.38. The van der Waals surface area contributed by atoms with E-state index < -0.39 is 0 Å². The van der Waals surface area contributed by atoms with Crippen molar-refractivity contribution in [3.05, 3.63) is 65.6 Å². The highest BCUT2D eigenvalue weighted by Crippen LogP contribution is 2.20. The number of hydrogen-bond acceptors (Lipinski definition) is 4. The summed E-state index contributed by atoms with van der Waals surface area (Å²) in [5.41, 5.74) is 4.00. The van der Waals surface area contributed by atoms with E-state index in [1.807, 2.05) is 54.6 Å². The second-order valence-corrected chi connectivity index (χ2v) is 4.38. The van der Waals surface area contributed by atoms with Gasteiger partial charge in [-0.3, -0.25) is 10.1 Å². The number of nitrogens with zero attached hydrogens (tertiary/aromatic N) is 4. The van der Waals surface area contributed by atoms with Gasteiger partial charge in [-0.15, -0.1) is 5.10 Å². The minimum absolute atomic E-state index is 0.301. The first-order valence-corrected chi connectivity index (χ1v) is 6.36. The van der Waals surface area contributed by atoms with Gasteiger partial charge < -0.3 is 0 Å². The van der Waals surface area contributed by atoms with Crippen LogP contribution in [0.2, 0.25) is 0 Å². The number of rotatable bonds is 3. The van der Waals surface area contributed by atoms with Crippen LogP contribution in [0, 0.1) is 11.3 Å². The van der Waals surface area contributed by atoms with E-state index in [4.69, 9.17) is 5.26 Å². The molecule has 0 aliphatic rings. The largest absolute Gasteiger partial charge is 0.265 e.